The summed E-state index contributed by atoms with van der Waals surface area (Å²) in [6.07, 6.45) is 0. The summed E-state index contributed by atoms with van der Waals surface area (Å²) in [5.41, 5.74) is 2.29. The Morgan fingerprint density at radius 2 is 2.00 bits per heavy atom. The molecule has 0 aliphatic heterocycles. The van der Waals surface area contributed by atoms with E-state index >= 15 is 0 Å². The van der Waals surface area contributed by atoms with Gasteiger partial charge in [-0.3, -0.25) is 4.79 Å². The Hall–Kier alpha value is -0.590. The van der Waals surface area contributed by atoms with Gasteiger partial charge in [-0.1, -0.05) is 33.6 Å². The normalized spacial score (nSPS) is 10.3. The Morgan fingerprint density at radius 1 is 1.26 bits per heavy atom. The Labute approximate surface area is 138 Å². The van der Waals surface area contributed by atoms with Crippen molar-refractivity contribution in [2.75, 3.05) is 5.32 Å². The predicted molar refractivity (Wildman–Crippen MR) is 91.0 cm³/mol. The van der Waals surface area contributed by atoms with Gasteiger partial charge in [0, 0.05) is 8.04 Å². The molecule has 0 fully saturated rings. The van der Waals surface area contributed by atoms with Crippen LogP contribution in [0, 0.1) is 10.5 Å². The average molecular weight is 451 g/mol. The van der Waals surface area contributed by atoms with Crippen LogP contribution in [-0.2, 0) is 0 Å². The maximum atomic E-state index is 12.2. The molecule has 0 radical (unpaired) electrons. The van der Waals surface area contributed by atoms with Crippen LogP contribution >= 0.6 is 50.1 Å². The van der Waals surface area contributed by atoms with E-state index in [0.29, 0.717) is 16.3 Å². The summed E-state index contributed by atoms with van der Waals surface area (Å²) in [6.45, 7) is 1.95. The third-order valence-corrected chi connectivity index (χ3v) is 4.29. The van der Waals surface area contributed by atoms with Crippen molar-refractivity contribution in [3.05, 3.63) is 60.6 Å². The fourth-order valence-electron chi connectivity index (χ4n) is 1.58. The lowest BCUT2D eigenvalue weighted by Crippen LogP contribution is -2.13. The van der Waals surface area contributed by atoms with Gasteiger partial charge >= 0.3 is 0 Å². The fraction of sp³-hybridized carbons (Fsp3) is 0.0714. The molecule has 2 aromatic carbocycles. The molecule has 2 aromatic rings. The number of halogens is 3. The molecule has 5 heteroatoms. The van der Waals surface area contributed by atoms with Crippen molar-refractivity contribution in [1.29, 1.82) is 0 Å². The third kappa shape index (κ3) is 3.70. The van der Waals surface area contributed by atoms with Crippen LogP contribution < -0.4 is 5.32 Å². The van der Waals surface area contributed by atoms with Crippen LogP contribution in [0.5, 0.6) is 0 Å². The number of aryl methyl sites for hydroxylation is 1. The Bertz CT molecular complexity index is 645. The van der Waals surface area contributed by atoms with E-state index in [2.05, 4.69) is 43.8 Å². The second-order valence-electron chi connectivity index (χ2n) is 4.06. The molecule has 2 rings (SSSR count). The zero-order chi connectivity index (χ0) is 14.0. The van der Waals surface area contributed by atoms with E-state index in [4.69, 9.17) is 11.6 Å². The molecule has 98 valence electrons. The van der Waals surface area contributed by atoms with Gasteiger partial charge in [-0.2, -0.15) is 0 Å². The van der Waals surface area contributed by atoms with Gasteiger partial charge in [-0.15, -0.1) is 0 Å². The highest BCUT2D eigenvalue weighted by Gasteiger charge is 2.12. The summed E-state index contributed by atoms with van der Waals surface area (Å²) < 4.78 is 1.76. The number of carbonyl (C=O) groups excluding carboxylic acids is 1. The van der Waals surface area contributed by atoms with Crippen molar-refractivity contribution < 1.29 is 4.79 Å². The Kier molecular flexibility index (Phi) is 4.86. The standard InChI is InChI=1S/C14H10BrClINO/c1-8-2-5-13(11(16)6-8)18-14(19)10-7-9(15)3-4-12(10)17/h2-7H,1H3,(H,18,19). The number of benzene rings is 2. The van der Waals surface area contributed by atoms with E-state index in [1.54, 1.807) is 12.1 Å². The lowest BCUT2D eigenvalue weighted by molar-refractivity contribution is 0.102. The first-order valence-corrected chi connectivity index (χ1v) is 7.75. The number of hydrogen-bond acceptors (Lipinski definition) is 1. The van der Waals surface area contributed by atoms with Crippen molar-refractivity contribution in [2.45, 2.75) is 6.92 Å². The molecule has 0 bridgehead atoms. The number of anilines is 1. The smallest absolute Gasteiger partial charge is 0.256 e. The van der Waals surface area contributed by atoms with Crippen LogP contribution in [0.25, 0.3) is 0 Å². The quantitative estimate of drug-likeness (QED) is 0.621. The molecule has 0 saturated carbocycles. The first-order valence-electron chi connectivity index (χ1n) is 5.50. The molecule has 0 unspecified atom stereocenters. The molecular formula is C14H10BrClINO. The van der Waals surface area contributed by atoms with Crippen molar-refractivity contribution in [3.63, 3.8) is 0 Å². The van der Waals surface area contributed by atoms with Crippen LogP contribution in [0.4, 0.5) is 5.69 Å². The van der Waals surface area contributed by atoms with Crippen molar-refractivity contribution in [1.82, 2.24) is 0 Å². The number of nitrogens with one attached hydrogen (secondary N) is 1. The SMILES string of the molecule is Cc1ccc(NC(=O)c2cc(Br)ccc2I)c(Cl)c1. The van der Waals surface area contributed by atoms with E-state index in [1.165, 1.54) is 0 Å². The van der Waals surface area contributed by atoms with Crippen LogP contribution in [0.3, 0.4) is 0 Å². The predicted octanol–water partition coefficient (Wildman–Crippen LogP) is 5.27. The third-order valence-electron chi connectivity index (χ3n) is 2.55. The van der Waals surface area contributed by atoms with Gasteiger partial charge in [0.1, 0.15) is 0 Å². The molecule has 19 heavy (non-hydrogen) atoms. The minimum atomic E-state index is -0.170. The fourth-order valence-corrected chi connectivity index (χ4v) is 2.81. The highest BCUT2D eigenvalue weighted by atomic mass is 127. The molecule has 2 nitrogen and oxygen atoms in total. The maximum absolute atomic E-state index is 12.2. The topological polar surface area (TPSA) is 29.1 Å². The zero-order valence-corrected chi connectivity index (χ0v) is 14.5. The molecule has 1 amide bonds. The molecule has 0 atom stereocenters. The first kappa shape index (κ1) is 14.8. The molecule has 0 spiro atoms. The number of hydrogen-bond donors (Lipinski definition) is 1. The minimum Gasteiger partial charge on any atom is -0.321 e. The molecular weight excluding hydrogens is 440 g/mol. The van der Waals surface area contributed by atoms with E-state index in [0.717, 1.165) is 13.6 Å². The van der Waals surface area contributed by atoms with E-state index < -0.39 is 0 Å². The maximum Gasteiger partial charge on any atom is 0.256 e. The van der Waals surface area contributed by atoms with Crippen molar-refractivity contribution >= 4 is 61.7 Å². The molecule has 1 N–H and O–H groups in total. The van der Waals surface area contributed by atoms with Gasteiger partial charge in [-0.25, -0.2) is 0 Å². The molecule has 0 heterocycles. The van der Waals surface area contributed by atoms with Crippen LogP contribution in [0.15, 0.2) is 40.9 Å². The highest BCUT2D eigenvalue weighted by molar-refractivity contribution is 14.1. The summed E-state index contributed by atoms with van der Waals surface area (Å²) in [5, 5.41) is 3.37. The number of rotatable bonds is 2. The Morgan fingerprint density at radius 3 is 2.68 bits per heavy atom. The molecule has 0 aromatic heterocycles. The van der Waals surface area contributed by atoms with E-state index in [9.17, 15) is 4.79 Å². The number of carbonyl (C=O) groups is 1. The van der Waals surface area contributed by atoms with Crippen LogP contribution in [-0.4, -0.2) is 5.91 Å². The van der Waals surface area contributed by atoms with Crippen LogP contribution in [0.2, 0.25) is 5.02 Å². The van der Waals surface area contributed by atoms with Gasteiger partial charge in [0.15, 0.2) is 0 Å². The van der Waals surface area contributed by atoms with Gasteiger partial charge in [0.25, 0.3) is 5.91 Å². The molecule has 0 aliphatic carbocycles. The molecule has 0 aliphatic rings. The summed E-state index contributed by atoms with van der Waals surface area (Å²) >= 11 is 11.6. The van der Waals surface area contributed by atoms with Gasteiger partial charge < -0.3 is 5.32 Å². The number of amides is 1. The average Bonchev–Trinajstić information content (AvgIpc) is 2.35. The second kappa shape index (κ2) is 6.24. The van der Waals surface area contributed by atoms with Crippen molar-refractivity contribution in [2.24, 2.45) is 0 Å². The van der Waals surface area contributed by atoms with Gasteiger partial charge in [0.05, 0.1) is 16.3 Å². The lowest BCUT2D eigenvalue weighted by Gasteiger charge is -2.09. The summed E-state index contributed by atoms with van der Waals surface area (Å²) in [4.78, 5) is 12.2. The van der Waals surface area contributed by atoms with E-state index in [-0.39, 0.29) is 5.91 Å². The van der Waals surface area contributed by atoms with Crippen LogP contribution in [0.1, 0.15) is 15.9 Å². The second-order valence-corrected chi connectivity index (χ2v) is 6.55. The summed E-state index contributed by atoms with van der Waals surface area (Å²) in [5.74, 6) is -0.170. The van der Waals surface area contributed by atoms with Gasteiger partial charge in [0.2, 0.25) is 0 Å². The largest absolute Gasteiger partial charge is 0.321 e. The van der Waals surface area contributed by atoms with Gasteiger partial charge in [-0.05, 0) is 65.4 Å². The first-order chi connectivity index (χ1) is 8.97. The minimum absolute atomic E-state index is 0.170. The highest BCUT2D eigenvalue weighted by Crippen LogP contribution is 2.25. The monoisotopic (exact) mass is 449 g/mol. The molecule has 0 saturated heterocycles. The van der Waals surface area contributed by atoms with E-state index in [1.807, 2.05) is 31.2 Å². The zero-order valence-electron chi connectivity index (χ0n) is 10.0. The van der Waals surface area contributed by atoms with Crippen molar-refractivity contribution in [3.8, 4) is 0 Å². The Balaban J connectivity index is 2.28. The summed E-state index contributed by atoms with van der Waals surface area (Å²) in [7, 11) is 0. The lowest BCUT2D eigenvalue weighted by atomic mass is 10.2. The summed E-state index contributed by atoms with van der Waals surface area (Å²) in [6, 6.07) is 11.1.